The molecule has 0 saturated heterocycles. The van der Waals surface area contributed by atoms with Crippen molar-refractivity contribution in [3.8, 4) is 6.07 Å². The molecule has 15 heavy (non-hydrogen) atoms. The van der Waals surface area contributed by atoms with Crippen LogP contribution in [0.4, 0.5) is 0 Å². The van der Waals surface area contributed by atoms with E-state index < -0.39 is 5.97 Å². The third-order valence-corrected chi connectivity index (χ3v) is 2.12. The van der Waals surface area contributed by atoms with Crippen LogP contribution in [0.25, 0.3) is 6.08 Å². The lowest BCUT2D eigenvalue weighted by Crippen LogP contribution is -2.03. The van der Waals surface area contributed by atoms with Gasteiger partial charge < -0.3 is 9.30 Å². The second-order valence-electron chi connectivity index (χ2n) is 2.66. The zero-order valence-corrected chi connectivity index (χ0v) is 8.95. The molecule has 1 rings (SSSR count). The lowest BCUT2D eigenvalue weighted by Gasteiger charge is -1.98. The normalized spacial score (nSPS) is 10.9. The van der Waals surface area contributed by atoms with E-state index >= 15 is 0 Å². The molecule has 0 atom stereocenters. The fourth-order valence-electron chi connectivity index (χ4n) is 0.912. The van der Waals surface area contributed by atoms with Gasteiger partial charge in [0, 0.05) is 13.1 Å². The number of hydrogen-bond acceptors (Lipinski definition) is 4. The number of hydrogen-bond donors (Lipinski definition) is 0. The van der Waals surface area contributed by atoms with E-state index in [1.807, 2.05) is 0 Å². The number of aromatic nitrogens is 2. The highest BCUT2D eigenvalue weighted by Gasteiger charge is 2.10. The van der Waals surface area contributed by atoms with Crippen molar-refractivity contribution in [2.24, 2.45) is 7.05 Å². The summed E-state index contributed by atoms with van der Waals surface area (Å²) in [4.78, 5) is 15.0. The van der Waals surface area contributed by atoms with Crippen LogP contribution < -0.4 is 0 Å². The number of ether oxygens (including phenoxy) is 1. The van der Waals surface area contributed by atoms with Gasteiger partial charge in [-0.3, -0.25) is 0 Å². The van der Waals surface area contributed by atoms with Gasteiger partial charge in [-0.25, -0.2) is 9.78 Å². The molecule has 0 radical (unpaired) electrons. The van der Waals surface area contributed by atoms with Gasteiger partial charge in [0.05, 0.1) is 13.3 Å². The SMILES string of the molecule is COC(=O)/C(C#N)=C/c1ncc(Cl)n1C. The van der Waals surface area contributed by atoms with Crippen molar-refractivity contribution in [1.29, 1.82) is 5.26 Å². The minimum absolute atomic E-state index is 0.122. The van der Waals surface area contributed by atoms with E-state index in [1.54, 1.807) is 17.7 Å². The average molecular weight is 226 g/mol. The molecule has 0 fully saturated rings. The van der Waals surface area contributed by atoms with Crippen LogP contribution in [-0.2, 0) is 16.6 Å². The Hall–Kier alpha value is -1.80. The summed E-state index contributed by atoms with van der Waals surface area (Å²) in [5.74, 6) is -0.279. The van der Waals surface area contributed by atoms with Crippen LogP contribution in [0.1, 0.15) is 5.82 Å². The standard InChI is InChI=1S/C9H8ClN3O2/c1-13-7(10)5-12-8(13)3-6(4-11)9(14)15-2/h3,5H,1-2H3/b6-3+. The number of imidazole rings is 1. The van der Waals surface area contributed by atoms with Crippen LogP contribution in [0.2, 0.25) is 5.15 Å². The molecule has 0 aromatic carbocycles. The Kier molecular flexibility index (Phi) is 3.47. The predicted octanol–water partition coefficient (Wildman–Crippen LogP) is 1.15. The number of carbonyl (C=O) groups excluding carboxylic acids is 1. The van der Waals surface area contributed by atoms with Crippen LogP contribution >= 0.6 is 11.6 Å². The summed E-state index contributed by atoms with van der Waals surface area (Å²) < 4.78 is 5.97. The van der Waals surface area contributed by atoms with Gasteiger partial charge in [0.2, 0.25) is 0 Å². The first-order valence-electron chi connectivity index (χ1n) is 3.97. The molecule has 1 heterocycles. The van der Waals surface area contributed by atoms with E-state index in [4.69, 9.17) is 16.9 Å². The molecule has 0 spiro atoms. The highest BCUT2D eigenvalue weighted by atomic mass is 35.5. The van der Waals surface area contributed by atoms with Gasteiger partial charge in [0.15, 0.2) is 0 Å². The van der Waals surface area contributed by atoms with Crippen LogP contribution in [0.15, 0.2) is 11.8 Å². The number of esters is 1. The number of halogens is 1. The molecule has 0 aliphatic carbocycles. The minimum Gasteiger partial charge on any atom is -0.465 e. The molecule has 0 amide bonds. The third-order valence-electron chi connectivity index (χ3n) is 1.77. The number of carbonyl (C=O) groups is 1. The Labute approximate surface area is 91.5 Å². The first-order valence-corrected chi connectivity index (χ1v) is 4.35. The quantitative estimate of drug-likeness (QED) is 0.430. The van der Waals surface area contributed by atoms with Crippen molar-refractivity contribution >= 4 is 23.6 Å². The molecule has 1 aromatic rings. The second kappa shape index (κ2) is 4.62. The molecule has 0 N–H and O–H groups in total. The van der Waals surface area contributed by atoms with Crippen LogP contribution in [0.5, 0.6) is 0 Å². The molecular formula is C9H8ClN3O2. The van der Waals surface area contributed by atoms with Gasteiger partial charge in [0.25, 0.3) is 0 Å². The molecule has 0 saturated carbocycles. The Morgan fingerprint density at radius 1 is 1.80 bits per heavy atom. The Balaban J connectivity index is 3.10. The zero-order valence-electron chi connectivity index (χ0n) is 8.19. The summed E-state index contributed by atoms with van der Waals surface area (Å²) in [6.07, 6.45) is 2.75. The van der Waals surface area contributed by atoms with Gasteiger partial charge >= 0.3 is 5.97 Å². The number of methoxy groups -OCH3 is 1. The minimum atomic E-state index is -0.698. The second-order valence-corrected chi connectivity index (χ2v) is 3.05. The average Bonchev–Trinajstić information content (AvgIpc) is 2.56. The van der Waals surface area contributed by atoms with Gasteiger partial charge in [-0.1, -0.05) is 11.6 Å². The van der Waals surface area contributed by atoms with Crippen LogP contribution in [0.3, 0.4) is 0 Å². The third kappa shape index (κ3) is 2.36. The number of rotatable bonds is 2. The lowest BCUT2D eigenvalue weighted by molar-refractivity contribution is -0.135. The van der Waals surface area contributed by atoms with Gasteiger partial charge in [-0.05, 0) is 0 Å². The Morgan fingerprint density at radius 2 is 2.47 bits per heavy atom. The maximum absolute atomic E-state index is 11.1. The molecule has 78 valence electrons. The lowest BCUT2D eigenvalue weighted by atomic mass is 10.2. The van der Waals surface area contributed by atoms with E-state index in [9.17, 15) is 4.79 Å². The fourth-order valence-corrected chi connectivity index (χ4v) is 1.05. The van der Waals surface area contributed by atoms with Crippen LogP contribution in [-0.4, -0.2) is 22.6 Å². The van der Waals surface area contributed by atoms with Gasteiger partial charge in [-0.2, -0.15) is 5.26 Å². The predicted molar refractivity (Wildman–Crippen MR) is 53.8 cm³/mol. The monoisotopic (exact) mass is 225 g/mol. The van der Waals surface area contributed by atoms with Crippen molar-refractivity contribution in [2.45, 2.75) is 0 Å². The Morgan fingerprint density at radius 3 is 2.87 bits per heavy atom. The van der Waals surface area contributed by atoms with Crippen molar-refractivity contribution in [1.82, 2.24) is 9.55 Å². The van der Waals surface area contributed by atoms with Crippen LogP contribution in [0, 0.1) is 11.3 Å². The van der Waals surface area contributed by atoms with Crippen molar-refractivity contribution in [3.05, 3.63) is 22.7 Å². The van der Waals surface area contributed by atoms with Crippen molar-refractivity contribution in [3.63, 3.8) is 0 Å². The summed E-state index contributed by atoms with van der Waals surface area (Å²) in [7, 11) is 2.88. The molecule has 0 bridgehead atoms. The summed E-state index contributed by atoms with van der Waals surface area (Å²) in [5.41, 5.74) is -0.122. The first kappa shape index (κ1) is 11.3. The molecule has 6 heteroatoms. The van der Waals surface area contributed by atoms with Gasteiger partial charge in [-0.15, -0.1) is 0 Å². The summed E-state index contributed by atoms with van der Waals surface area (Å²) in [6.45, 7) is 0. The fraction of sp³-hybridized carbons (Fsp3) is 0.222. The van der Waals surface area contributed by atoms with Gasteiger partial charge in [0.1, 0.15) is 22.6 Å². The van der Waals surface area contributed by atoms with E-state index in [-0.39, 0.29) is 5.57 Å². The molecular weight excluding hydrogens is 218 g/mol. The topological polar surface area (TPSA) is 67.9 Å². The summed E-state index contributed by atoms with van der Waals surface area (Å²) >= 11 is 5.74. The maximum atomic E-state index is 11.1. The molecule has 1 aromatic heterocycles. The highest BCUT2D eigenvalue weighted by molar-refractivity contribution is 6.29. The van der Waals surface area contributed by atoms with Crippen molar-refractivity contribution < 1.29 is 9.53 Å². The summed E-state index contributed by atoms with van der Waals surface area (Å²) in [5, 5.41) is 9.12. The smallest absolute Gasteiger partial charge is 0.348 e. The highest BCUT2D eigenvalue weighted by Crippen LogP contribution is 2.12. The van der Waals surface area contributed by atoms with Crippen molar-refractivity contribution in [2.75, 3.05) is 7.11 Å². The first-order chi connectivity index (χ1) is 7.10. The van der Waals surface area contributed by atoms with E-state index in [0.29, 0.717) is 11.0 Å². The van der Waals surface area contributed by atoms with E-state index in [1.165, 1.54) is 19.4 Å². The Bertz CT molecular complexity index is 456. The maximum Gasteiger partial charge on any atom is 0.348 e. The summed E-state index contributed by atoms with van der Waals surface area (Å²) in [6, 6.07) is 1.73. The number of nitrogens with zero attached hydrogens (tertiary/aromatic N) is 3. The van der Waals surface area contributed by atoms with E-state index in [2.05, 4.69) is 9.72 Å². The largest absolute Gasteiger partial charge is 0.465 e. The zero-order chi connectivity index (χ0) is 11.4. The number of nitriles is 1. The molecule has 0 aliphatic rings. The molecule has 5 nitrogen and oxygen atoms in total. The molecule has 0 aliphatic heterocycles. The van der Waals surface area contributed by atoms with E-state index in [0.717, 1.165) is 0 Å². The molecule has 0 unspecified atom stereocenters.